The normalized spacial score (nSPS) is 28.2. The van der Waals surface area contributed by atoms with Gasteiger partial charge in [0.15, 0.2) is 0 Å². The third kappa shape index (κ3) is 3.27. The van der Waals surface area contributed by atoms with E-state index in [1.807, 2.05) is 28.0 Å². The van der Waals surface area contributed by atoms with E-state index in [-0.39, 0.29) is 30.1 Å². The van der Waals surface area contributed by atoms with Crippen LogP contribution in [0.2, 0.25) is 0 Å². The van der Waals surface area contributed by atoms with Gasteiger partial charge in [-0.25, -0.2) is 0 Å². The molecule has 1 aromatic rings. The molecule has 3 heterocycles. The minimum absolute atomic E-state index is 0. The van der Waals surface area contributed by atoms with Crippen molar-refractivity contribution in [3.05, 3.63) is 29.8 Å². The number of aryl methyl sites for hydroxylation is 1. The van der Waals surface area contributed by atoms with Crippen LogP contribution in [0.3, 0.4) is 0 Å². The Morgan fingerprint density at radius 2 is 1.84 bits per heavy atom. The SMILES string of the molecule is CCc1ccccc1N1CC(C(=O)N2C[C@H]3CNC[C@H]3C2)CC1=O.Cl. The van der Waals surface area contributed by atoms with Crippen LogP contribution < -0.4 is 10.2 Å². The summed E-state index contributed by atoms with van der Waals surface area (Å²) in [5, 5.41) is 3.40. The predicted octanol–water partition coefficient (Wildman–Crippen LogP) is 1.70. The number of carbonyl (C=O) groups excluding carboxylic acids is 2. The highest BCUT2D eigenvalue weighted by Crippen LogP contribution is 2.32. The molecule has 3 saturated heterocycles. The molecule has 0 bridgehead atoms. The predicted molar refractivity (Wildman–Crippen MR) is 100.0 cm³/mol. The minimum atomic E-state index is -0.186. The molecule has 5 nitrogen and oxygen atoms in total. The summed E-state index contributed by atoms with van der Waals surface area (Å²) in [7, 11) is 0. The molecule has 2 amide bonds. The van der Waals surface area contributed by atoms with Crippen LogP contribution >= 0.6 is 12.4 Å². The van der Waals surface area contributed by atoms with Crippen molar-refractivity contribution in [2.24, 2.45) is 17.8 Å². The Morgan fingerprint density at radius 3 is 2.52 bits per heavy atom. The Bertz CT molecular complexity index is 654. The number of rotatable bonds is 3. The van der Waals surface area contributed by atoms with Crippen LogP contribution in [0.4, 0.5) is 5.69 Å². The summed E-state index contributed by atoms with van der Waals surface area (Å²) in [4.78, 5) is 29.2. The summed E-state index contributed by atoms with van der Waals surface area (Å²) in [6.45, 7) is 6.37. The Morgan fingerprint density at radius 1 is 1.16 bits per heavy atom. The van der Waals surface area contributed by atoms with Gasteiger partial charge in [0.1, 0.15) is 0 Å². The van der Waals surface area contributed by atoms with Crippen molar-refractivity contribution in [1.82, 2.24) is 10.2 Å². The molecule has 0 aromatic heterocycles. The summed E-state index contributed by atoms with van der Waals surface area (Å²) in [5.41, 5.74) is 2.14. The maximum Gasteiger partial charge on any atom is 0.228 e. The summed E-state index contributed by atoms with van der Waals surface area (Å²) in [6.07, 6.45) is 1.24. The number of hydrogen-bond donors (Lipinski definition) is 1. The highest BCUT2D eigenvalue weighted by atomic mass is 35.5. The first-order valence-electron chi connectivity index (χ1n) is 9.05. The zero-order valence-corrected chi connectivity index (χ0v) is 15.4. The van der Waals surface area contributed by atoms with Crippen molar-refractivity contribution in [1.29, 1.82) is 0 Å². The van der Waals surface area contributed by atoms with Gasteiger partial charge in [-0.15, -0.1) is 12.4 Å². The van der Waals surface area contributed by atoms with Crippen molar-refractivity contribution in [3.63, 3.8) is 0 Å². The highest BCUT2D eigenvalue weighted by Gasteiger charge is 2.43. The number of likely N-dealkylation sites (tertiary alicyclic amines) is 1. The first kappa shape index (κ1) is 18.2. The average Bonchev–Trinajstić information content (AvgIpc) is 3.28. The Balaban J connectivity index is 0.00000182. The molecule has 3 atom stereocenters. The van der Waals surface area contributed by atoms with Crippen LogP contribution in [-0.2, 0) is 16.0 Å². The smallest absolute Gasteiger partial charge is 0.228 e. The molecule has 1 N–H and O–H groups in total. The molecule has 0 aliphatic carbocycles. The van der Waals surface area contributed by atoms with Gasteiger partial charge in [0.2, 0.25) is 11.8 Å². The zero-order chi connectivity index (χ0) is 16.7. The Hall–Kier alpha value is -1.59. The molecule has 136 valence electrons. The number of amides is 2. The van der Waals surface area contributed by atoms with Crippen LogP contribution in [0.15, 0.2) is 24.3 Å². The third-order valence-electron chi connectivity index (χ3n) is 5.84. The van der Waals surface area contributed by atoms with Gasteiger partial charge in [0.05, 0.1) is 5.92 Å². The average molecular weight is 364 g/mol. The first-order valence-corrected chi connectivity index (χ1v) is 9.05. The van der Waals surface area contributed by atoms with Crippen LogP contribution in [0.25, 0.3) is 0 Å². The fourth-order valence-corrected chi connectivity index (χ4v) is 4.47. The van der Waals surface area contributed by atoms with E-state index in [1.54, 1.807) is 0 Å². The molecule has 0 radical (unpaired) electrons. The standard InChI is InChI=1S/C19H25N3O2.ClH/c1-2-13-5-3-4-6-17(13)22-12-14(7-18(22)23)19(24)21-10-15-8-20-9-16(15)11-21;/h3-6,14-16,20H,2,7-12H2,1H3;1H/t14?,15-,16+;. The van der Waals surface area contributed by atoms with Gasteiger partial charge in [0.25, 0.3) is 0 Å². The topological polar surface area (TPSA) is 52.7 Å². The maximum absolute atomic E-state index is 12.9. The van der Waals surface area contributed by atoms with E-state index in [0.717, 1.165) is 38.3 Å². The second kappa shape index (κ2) is 7.34. The van der Waals surface area contributed by atoms with E-state index in [2.05, 4.69) is 18.3 Å². The van der Waals surface area contributed by atoms with Gasteiger partial charge in [0, 0.05) is 44.8 Å². The first-order chi connectivity index (χ1) is 11.7. The molecule has 0 saturated carbocycles. The Labute approximate surface area is 155 Å². The number of nitrogens with zero attached hydrogens (tertiary/aromatic N) is 2. The molecule has 3 aliphatic heterocycles. The van der Waals surface area contributed by atoms with Gasteiger partial charge >= 0.3 is 0 Å². The van der Waals surface area contributed by atoms with E-state index in [9.17, 15) is 9.59 Å². The molecule has 3 aliphatic rings. The minimum Gasteiger partial charge on any atom is -0.342 e. The molecule has 3 fully saturated rings. The van der Waals surface area contributed by atoms with Gasteiger partial charge in [-0.3, -0.25) is 9.59 Å². The van der Waals surface area contributed by atoms with Crippen molar-refractivity contribution in [3.8, 4) is 0 Å². The molecule has 1 aromatic carbocycles. The number of halogens is 1. The van der Waals surface area contributed by atoms with Crippen LogP contribution in [0.5, 0.6) is 0 Å². The molecular weight excluding hydrogens is 338 g/mol. The molecule has 6 heteroatoms. The molecule has 1 unspecified atom stereocenters. The van der Waals surface area contributed by atoms with Crippen molar-refractivity contribution in [2.45, 2.75) is 19.8 Å². The Kier molecular flexibility index (Phi) is 5.35. The number of anilines is 1. The van der Waals surface area contributed by atoms with E-state index in [1.165, 1.54) is 5.56 Å². The third-order valence-corrected chi connectivity index (χ3v) is 5.84. The van der Waals surface area contributed by atoms with Crippen molar-refractivity contribution < 1.29 is 9.59 Å². The highest BCUT2D eigenvalue weighted by molar-refractivity contribution is 6.00. The summed E-state index contributed by atoms with van der Waals surface area (Å²) >= 11 is 0. The lowest BCUT2D eigenvalue weighted by Crippen LogP contribution is -2.37. The largest absolute Gasteiger partial charge is 0.342 e. The maximum atomic E-state index is 12.9. The van der Waals surface area contributed by atoms with Gasteiger partial charge < -0.3 is 15.1 Å². The fourth-order valence-electron chi connectivity index (χ4n) is 4.47. The number of hydrogen-bond acceptors (Lipinski definition) is 3. The van der Waals surface area contributed by atoms with Gasteiger partial charge in [-0.2, -0.15) is 0 Å². The number of benzene rings is 1. The van der Waals surface area contributed by atoms with Crippen LogP contribution in [0, 0.1) is 17.8 Å². The van der Waals surface area contributed by atoms with E-state index >= 15 is 0 Å². The molecular formula is C19H26ClN3O2. The zero-order valence-electron chi connectivity index (χ0n) is 14.6. The summed E-state index contributed by atoms with van der Waals surface area (Å²) < 4.78 is 0. The second-order valence-electron chi connectivity index (χ2n) is 7.31. The number of carbonyl (C=O) groups is 2. The quantitative estimate of drug-likeness (QED) is 0.889. The number of para-hydroxylation sites is 1. The number of fused-ring (bicyclic) bond motifs is 1. The fraction of sp³-hybridized carbons (Fsp3) is 0.579. The lowest BCUT2D eigenvalue weighted by molar-refractivity contribution is -0.135. The molecule has 0 spiro atoms. The molecule has 4 rings (SSSR count). The second-order valence-corrected chi connectivity index (χ2v) is 7.31. The lowest BCUT2D eigenvalue weighted by Gasteiger charge is -2.23. The van der Waals surface area contributed by atoms with E-state index in [0.29, 0.717) is 24.8 Å². The van der Waals surface area contributed by atoms with Crippen LogP contribution in [-0.4, -0.2) is 49.4 Å². The van der Waals surface area contributed by atoms with Crippen LogP contribution in [0.1, 0.15) is 18.9 Å². The van der Waals surface area contributed by atoms with Gasteiger partial charge in [-0.1, -0.05) is 25.1 Å². The van der Waals surface area contributed by atoms with Gasteiger partial charge in [-0.05, 0) is 29.9 Å². The van der Waals surface area contributed by atoms with E-state index < -0.39 is 0 Å². The van der Waals surface area contributed by atoms with Crippen molar-refractivity contribution >= 4 is 29.9 Å². The lowest BCUT2D eigenvalue weighted by atomic mass is 10.0. The number of nitrogens with one attached hydrogen (secondary N) is 1. The van der Waals surface area contributed by atoms with Crippen molar-refractivity contribution in [2.75, 3.05) is 37.6 Å². The summed E-state index contributed by atoms with van der Waals surface area (Å²) in [6, 6.07) is 8.02. The van der Waals surface area contributed by atoms with E-state index in [4.69, 9.17) is 0 Å². The monoisotopic (exact) mass is 363 g/mol. The molecule has 25 heavy (non-hydrogen) atoms. The summed E-state index contributed by atoms with van der Waals surface area (Å²) in [5.74, 6) is 1.27.